The van der Waals surface area contributed by atoms with Crippen LogP contribution in [0.2, 0.25) is 0 Å². The second-order valence-corrected chi connectivity index (χ2v) is 5.48. The van der Waals surface area contributed by atoms with Crippen LogP contribution in [0.3, 0.4) is 0 Å². The van der Waals surface area contributed by atoms with Gasteiger partial charge in [-0.3, -0.25) is 0 Å². The molecular weight excluding hydrogens is 236 g/mol. The summed E-state index contributed by atoms with van der Waals surface area (Å²) in [5, 5.41) is 0. The van der Waals surface area contributed by atoms with E-state index in [4.69, 9.17) is 11.6 Å². The summed E-state index contributed by atoms with van der Waals surface area (Å²) >= 11 is 7.70. The fourth-order valence-corrected chi connectivity index (χ4v) is 2.66. The maximum absolute atomic E-state index is 5.75. The number of hydrogen-bond acceptors (Lipinski definition) is 1. The van der Waals surface area contributed by atoms with Crippen molar-refractivity contribution in [1.82, 2.24) is 0 Å². The number of unbranched alkanes of at least 4 members (excludes halogenated alkanes) is 4. The number of hydrogen-bond donors (Lipinski definition) is 0. The van der Waals surface area contributed by atoms with Crippen LogP contribution >= 0.6 is 23.4 Å². The van der Waals surface area contributed by atoms with Gasteiger partial charge >= 0.3 is 0 Å². The summed E-state index contributed by atoms with van der Waals surface area (Å²) in [5.74, 6) is 1.85. The van der Waals surface area contributed by atoms with Crippen molar-refractivity contribution in [3.63, 3.8) is 0 Å². The second-order valence-electron chi connectivity index (χ2n) is 4.04. The molecule has 0 N–H and O–H groups in total. The lowest BCUT2D eigenvalue weighted by atomic mass is 10.2. The van der Waals surface area contributed by atoms with Gasteiger partial charge in [0.15, 0.2) is 0 Å². The van der Waals surface area contributed by atoms with Gasteiger partial charge in [-0.05, 0) is 29.9 Å². The quantitative estimate of drug-likeness (QED) is 0.337. The van der Waals surface area contributed by atoms with Gasteiger partial charge in [0.25, 0.3) is 0 Å². The first-order chi connectivity index (χ1) is 7.86. The molecule has 0 amide bonds. The van der Waals surface area contributed by atoms with E-state index in [1.807, 2.05) is 11.8 Å². The molecular formula is C14H21ClS. The van der Waals surface area contributed by atoms with Gasteiger partial charge < -0.3 is 0 Å². The van der Waals surface area contributed by atoms with Gasteiger partial charge in [-0.1, -0.05) is 44.7 Å². The lowest BCUT2D eigenvalue weighted by Gasteiger charge is -2.02. The lowest BCUT2D eigenvalue weighted by molar-refractivity contribution is 0.659. The minimum atomic E-state index is 0.613. The Balaban J connectivity index is 2.12. The zero-order valence-corrected chi connectivity index (χ0v) is 11.6. The average molecular weight is 257 g/mol. The van der Waals surface area contributed by atoms with Crippen LogP contribution in [0.15, 0.2) is 29.2 Å². The van der Waals surface area contributed by atoms with Crippen molar-refractivity contribution < 1.29 is 0 Å². The number of rotatable bonds is 8. The van der Waals surface area contributed by atoms with Crippen molar-refractivity contribution in [2.75, 3.05) is 5.75 Å². The van der Waals surface area contributed by atoms with Crippen LogP contribution in [0.4, 0.5) is 0 Å². The Morgan fingerprint density at radius 3 is 2.31 bits per heavy atom. The molecule has 0 aromatic heterocycles. The van der Waals surface area contributed by atoms with Gasteiger partial charge in [0.05, 0.1) is 0 Å². The molecule has 1 aromatic rings. The van der Waals surface area contributed by atoms with Crippen molar-refractivity contribution in [2.24, 2.45) is 0 Å². The van der Waals surface area contributed by atoms with Crippen molar-refractivity contribution in [3.05, 3.63) is 29.8 Å². The molecule has 0 heterocycles. The predicted molar refractivity (Wildman–Crippen MR) is 75.5 cm³/mol. The molecule has 0 saturated heterocycles. The SMILES string of the molecule is CCCCCCCSc1ccc(CCl)cc1. The van der Waals surface area contributed by atoms with Gasteiger partial charge in [0.2, 0.25) is 0 Å². The molecule has 2 heteroatoms. The molecule has 0 aliphatic carbocycles. The smallest absolute Gasteiger partial charge is 0.0474 e. The van der Waals surface area contributed by atoms with Crippen LogP contribution in [-0.4, -0.2) is 5.75 Å². The summed E-state index contributed by atoms with van der Waals surface area (Å²) in [4.78, 5) is 1.37. The van der Waals surface area contributed by atoms with Crippen molar-refractivity contribution in [1.29, 1.82) is 0 Å². The summed E-state index contributed by atoms with van der Waals surface area (Å²) in [6.45, 7) is 2.26. The van der Waals surface area contributed by atoms with Crippen molar-refractivity contribution in [3.8, 4) is 0 Å². The van der Waals surface area contributed by atoms with E-state index in [1.54, 1.807) is 0 Å². The Bertz CT molecular complexity index is 269. The first-order valence-corrected chi connectivity index (χ1v) is 7.66. The molecule has 1 rings (SSSR count). The van der Waals surface area contributed by atoms with E-state index in [0.717, 1.165) is 0 Å². The summed E-state index contributed by atoms with van der Waals surface area (Å²) < 4.78 is 0. The van der Waals surface area contributed by atoms with E-state index in [0.29, 0.717) is 5.88 Å². The normalized spacial score (nSPS) is 10.6. The minimum absolute atomic E-state index is 0.613. The largest absolute Gasteiger partial charge is 0.126 e. The molecule has 0 aliphatic rings. The molecule has 0 nitrogen and oxygen atoms in total. The van der Waals surface area contributed by atoms with Gasteiger partial charge in [-0.2, -0.15) is 0 Å². The zero-order chi connectivity index (χ0) is 11.6. The third-order valence-corrected chi connectivity index (χ3v) is 4.00. The van der Waals surface area contributed by atoms with Crippen LogP contribution in [-0.2, 0) is 5.88 Å². The van der Waals surface area contributed by atoms with Crippen molar-refractivity contribution >= 4 is 23.4 Å². The van der Waals surface area contributed by atoms with Crippen LogP contribution < -0.4 is 0 Å². The number of alkyl halides is 1. The Morgan fingerprint density at radius 1 is 1.00 bits per heavy atom. The third kappa shape index (κ3) is 5.81. The predicted octanol–water partition coefficient (Wildman–Crippen LogP) is 5.49. The highest BCUT2D eigenvalue weighted by atomic mass is 35.5. The van der Waals surface area contributed by atoms with Crippen LogP contribution in [0, 0.1) is 0 Å². The standard InChI is InChI=1S/C14H21ClS/c1-2-3-4-5-6-11-16-14-9-7-13(12-15)8-10-14/h7-10H,2-6,11-12H2,1H3. The Kier molecular flexibility index (Phi) is 7.79. The molecule has 0 aliphatic heterocycles. The van der Waals surface area contributed by atoms with E-state index in [-0.39, 0.29) is 0 Å². The summed E-state index contributed by atoms with van der Waals surface area (Å²) in [5.41, 5.74) is 1.20. The molecule has 1 aromatic carbocycles. The topological polar surface area (TPSA) is 0 Å². The fourth-order valence-electron chi connectivity index (χ4n) is 1.57. The van der Waals surface area contributed by atoms with Gasteiger partial charge in [-0.15, -0.1) is 23.4 Å². The maximum atomic E-state index is 5.75. The molecule has 16 heavy (non-hydrogen) atoms. The molecule has 90 valence electrons. The van der Waals surface area contributed by atoms with Gasteiger partial charge in [0, 0.05) is 10.8 Å². The zero-order valence-electron chi connectivity index (χ0n) is 10.0. The molecule has 0 bridgehead atoms. The second kappa shape index (κ2) is 8.95. The molecule has 0 atom stereocenters. The third-order valence-electron chi connectivity index (χ3n) is 2.59. The number of benzene rings is 1. The highest BCUT2D eigenvalue weighted by Gasteiger charge is 1.95. The van der Waals surface area contributed by atoms with Crippen LogP contribution in [0.5, 0.6) is 0 Å². The first kappa shape index (κ1) is 13.9. The van der Waals surface area contributed by atoms with Crippen molar-refractivity contribution in [2.45, 2.75) is 49.8 Å². The van der Waals surface area contributed by atoms with E-state index in [2.05, 4.69) is 31.2 Å². The van der Waals surface area contributed by atoms with E-state index in [9.17, 15) is 0 Å². The van der Waals surface area contributed by atoms with E-state index in [1.165, 1.54) is 48.3 Å². The molecule has 0 radical (unpaired) electrons. The summed E-state index contributed by atoms with van der Waals surface area (Å²) in [6.07, 6.45) is 6.81. The highest BCUT2D eigenvalue weighted by molar-refractivity contribution is 7.99. The average Bonchev–Trinajstić information content (AvgIpc) is 2.34. The monoisotopic (exact) mass is 256 g/mol. The Hall–Kier alpha value is -0.140. The molecule has 0 spiro atoms. The molecule has 0 fully saturated rings. The fraction of sp³-hybridized carbons (Fsp3) is 0.571. The molecule has 0 unspecified atom stereocenters. The maximum Gasteiger partial charge on any atom is 0.0474 e. The minimum Gasteiger partial charge on any atom is -0.126 e. The van der Waals surface area contributed by atoms with Gasteiger partial charge in [0.1, 0.15) is 0 Å². The Morgan fingerprint density at radius 2 is 1.69 bits per heavy atom. The first-order valence-electron chi connectivity index (χ1n) is 6.14. The Labute approximate surface area is 109 Å². The lowest BCUT2D eigenvalue weighted by Crippen LogP contribution is -1.83. The van der Waals surface area contributed by atoms with Crippen LogP contribution in [0.1, 0.15) is 44.6 Å². The van der Waals surface area contributed by atoms with E-state index >= 15 is 0 Å². The van der Waals surface area contributed by atoms with Crippen LogP contribution in [0.25, 0.3) is 0 Å². The highest BCUT2D eigenvalue weighted by Crippen LogP contribution is 2.20. The number of thioether (sulfide) groups is 1. The number of halogens is 1. The van der Waals surface area contributed by atoms with Gasteiger partial charge in [-0.25, -0.2) is 0 Å². The summed E-state index contributed by atoms with van der Waals surface area (Å²) in [6, 6.07) is 8.58. The van der Waals surface area contributed by atoms with E-state index < -0.39 is 0 Å². The molecule has 0 saturated carbocycles. The summed E-state index contributed by atoms with van der Waals surface area (Å²) in [7, 11) is 0.